The molecule has 1 unspecified atom stereocenters. The van der Waals surface area contributed by atoms with Gasteiger partial charge < -0.3 is 10.0 Å². The van der Waals surface area contributed by atoms with Gasteiger partial charge in [0.1, 0.15) is 11.7 Å². The summed E-state index contributed by atoms with van der Waals surface area (Å²) in [4.78, 5) is 24.0. The van der Waals surface area contributed by atoms with Gasteiger partial charge in [-0.05, 0) is 25.7 Å². The molecule has 1 aromatic rings. The summed E-state index contributed by atoms with van der Waals surface area (Å²) in [6.07, 6.45) is 3.41. The molecule has 0 saturated carbocycles. The lowest BCUT2D eigenvalue weighted by Crippen LogP contribution is -2.45. The molecule has 0 radical (unpaired) electrons. The van der Waals surface area contributed by atoms with Gasteiger partial charge in [-0.2, -0.15) is 5.10 Å². The van der Waals surface area contributed by atoms with Crippen molar-refractivity contribution in [2.24, 2.45) is 7.05 Å². The van der Waals surface area contributed by atoms with Crippen molar-refractivity contribution in [1.82, 2.24) is 9.78 Å². The standard InChI is InChI=1S/C13H20N4O4/c1-3-6-9-11(17(20)21)12(15(2)14-9)16-8-5-4-7-10(16)13(18)19/h10H,3-8H2,1-2H3,(H,18,19). The molecule has 8 nitrogen and oxygen atoms in total. The second kappa shape index (κ2) is 6.11. The topological polar surface area (TPSA) is 102 Å². The van der Waals surface area contributed by atoms with E-state index in [1.54, 1.807) is 11.9 Å². The van der Waals surface area contributed by atoms with Crippen LogP contribution in [0.1, 0.15) is 38.3 Å². The average molecular weight is 296 g/mol. The second-order valence-electron chi connectivity index (χ2n) is 5.29. The van der Waals surface area contributed by atoms with Crippen LogP contribution in [0, 0.1) is 10.1 Å². The van der Waals surface area contributed by atoms with Gasteiger partial charge in [0.25, 0.3) is 0 Å². The van der Waals surface area contributed by atoms with Gasteiger partial charge in [0.05, 0.1) is 4.92 Å². The molecule has 0 amide bonds. The highest BCUT2D eigenvalue weighted by molar-refractivity contribution is 5.79. The maximum Gasteiger partial charge on any atom is 0.334 e. The van der Waals surface area contributed by atoms with Crippen molar-refractivity contribution in [3.05, 3.63) is 15.8 Å². The molecule has 116 valence electrons. The zero-order valence-electron chi connectivity index (χ0n) is 12.3. The first-order valence-electron chi connectivity index (χ1n) is 7.17. The number of aliphatic carboxylic acids is 1. The quantitative estimate of drug-likeness (QED) is 0.655. The molecule has 0 spiro atoms. The number of carbonyl (C=O) groups is 1. The third kappa shape index (κ3) is 2.84. The van der Waals surface area contributed by atoms with Crippen molar-refractivity contribution in [2.75, 3.05) is 11.4 Å². The zero-order valence-corrected chi connectivity index (χ0v) is 12.3. The monoisotopic (exact) mass is 296 g/mol. The summed E-state index contributed by atoms with van der Waals surface area (Å²) in [5.74, 6) is -0.627. The molecule has 0 aliphatic carbocycles. The molecule has 1 aromatic heterocycles. The van der Waals surface area contributed by atoms with Crippen LogP contribution in [0.3, 0.4) is 0 Å². The number of aryl methyl sites for hydroxylation is 2. The van der Waals surface area contributed by atoms with E-state index < -0.39 is 16.9 Å². The first-order chi connectivity index (χ1) is 9.97. The third-order valence-electron chi connectivity index (χ3n) is 3.79. The van der Waals surface area contributed by atoms with Crippen LogP contribution >= 0.6 is 0 Å². The average Bonchev–Trinajstić information content (AvgIpc) is 2.75. The molecule has 2 heterocycles. The van der Waals surface area contributed by atoms with Crippen LogP contribution in [0.15, 0.2) is 0 Å². The Hall–Kier alpha value is -2.12. The van der Waals surface area contributed by atoms with Crippen molar-refractivity contribution in [1.29, 1.82) is 0 Å². The summed E-state index contributed by atoms with van der Waals surface area (Å²) in [7, 11) is 1.63. The molecule has 1 saturated heterocycles. The van der Waals surface area contributed by atoms with Crippen molar-refractivity contribution < 1.29 is 14.8 Å². The maximum atomic E-state index is 11.4. The minimum atomic E-state index is -0.942. The number of carboxylic acids is 1. The molecule has 0 bridgehead atoms. The number of aromatic nitrogens is 2. The van der Waals surface area contributed by atoms with E-state index in [0.717, 1.165) is 19.3 Å². The molecule has 0 aromatic carbocycles. The lowest BCUT2D eigenvalue weighted by Gasteiger charge is -2.33. The number of carboxylic acid groups (broad SMARTS) is 1. The van der Waals surface area contributed by atoms with Crippen LogP contribution in [0.5, 0.6) is 0 Å². The molecule has 21 heavy (non-hydrogen) atoms. The molecule has 1 aliphatic rings. The van der Waals surface area contributed by atoms with E-state index in [-0.39, 0.29) is 5.69 Å². The Labute approximate surface area is 122 Å². The van der Waals surface area contributed by atoms with Crippen LogP contribution in [0.4, 0.5) is 11.5 Å². The highest BCUT2D eigenvalue weighted by atomic mass is 16.6. The summed E-state index contributed by atoms with van der Waals surface area (Å²) in [5, 5.41) is 25.0. The highest BCUT2D eigenvalue weighted by Crippen LogP contribution is 2.35. The Kier molecular flexibility index (Phi) is 4.44. The Balaban J connectivity index is 2.50. The number of hydrogen-bond donors (Lipinski definition) is 1. The van der Waals surface area contributed by atoms with Crippen LogP contribution in [-0.4, -0.2) is 38.4 Å². The summed E-state index contributed by atoms with van der Waals surface area (Å²) in [6, 6.07) is -0.720. The van der Waals surface area contributed by atoms with Crippen molar-refractivity contribution >= 4 is 17.5 Å². The number of hydrogen-bond acceptors (Lipinski definition) is 5. The Morgan fingerprint density at radius 2 is 2.24 bits per heavy atom. The zero-order chi connectivity index (χ0) is 15.6. The number of nitro groups is 1. The first-order valence-corrected chi connectivity index (χ1v) is 7.17. The van der Waals surface area contributed by atoms with Gasteiger partial charge in [0, 0.05) is 13.6 Å². The molecule has 1 N–H and O–H groups in total. The SMILES string of the molecule is CCCc1nn(C)c(N2CCCCC2C(=O)O)c1[N+](=O)[O-]. The van der Waals surface area contributed by atoms with Crippen LogP contribution in [0.25, 0.3) is 0 Å². The second-order valence-corrected chi connectivity index (χ2v) is 5.29. The van der Waals surface area contributed by atoms with E-state index in [4.69, 9.17) is 0 Å². The van der Waals surface area contributed by atoms with Crippen LogP contribution in [0.2, 0.25) is 0 Å². The number of anilines is 1. The van der Waals surface area contributed by atoms with E-state index in [0.29, 0.717) is 30.9 Å². The van der Waals surface area contributed by atoms with Crippen LogP contribution < -0.4 is 4.90 Å². The van der Waals surface area contributed by atoms with E-state index in [1.807, 2.05) is 6.92 Å². The summed E-state index contributed by atoms with van der Waals surface area (Å²) < 4.78 is 1.45. The van der Waals surface area contributed by atoms with Crippen LogP contribution in [-0.2, 0) is 18.3 Å². The largest absolute Gasteiger partial charge is 0.480 e. The van der Waals surface area contributed by atoms with Crippen molar-refractivity contribution in [3.63, 3.8) is 0 Å². The van der Waals surface area contributed by atoms with Crippen molar-refractivity contribution in [2.45, 2.75) is 45.1 Å². The number of rotatable bonds is 5. The molecule has 1 atom stereocenters. The van der Waals surface area contributed by atoms with E-state index in [2.05, 4.69) is 5.10 Å². The van der Waals surface area contributed by atoms with Gasteiger partial charge in [-0.25, -0.2) is 9.48 Å². The van der Waals surface area contributed by atoms with Gasteiger partial charge in [-0.15, -0.1) is 0 Å². The Morgan fingerprint density at radius 1 is 1.52 bits per heavy atom. The maximum absolute atomic E-state index is 11.4. The number of nitrogens with zero attached hydrogens (tertiary/aromatic N) is 4. The number of piperidine rings is 1. The minimum absolute atomic E-state index is 0.0486. The van der Waals surface area contributed by atoms with Gasteiger partial charge in [-0.1, -0.05) is 13.3 Å². The fourth-order valence-corrected chi connectivity index (χ4v) is 2.91. The lowest BCUT2D eigenvalue weighted by molar-refractivity contribution is -0.384. The molecule has 8 heteroatoms. The van der Waals surface area contributed by atoms with Gasteiger partial charge in [0.15, 0.2) is 0 Å². The summed E-state index contributed by atoms with van der Waals surface area (Å²) >= 11 is 0. The molecular formula is C13H20N4O4. The van der Waals surface area contributed by atoms with E-state index >= 15 is 0 Å². The highest BCUT2D eigenvalue weighted by Gasteiger charge is 2.37. The Bertz CT molecular complexity index is 555. The molecular weight excluding hydrogens is 276 g/mol. The third-order valence-corrected chi connectivity index (χ3v) is 3.79. The first kappa shape index (κ1) is 15.3. The lowest BCUT2D eigenvalue weighted by atomic mass is 10.0. The summed E-state index contributed by atoms with van der Waals surface area (Å²) in [5.41, 5.74) is 0.377. The predicted octanol–water partition coefficient (Wildman–Crippen LogP) is 1.72. The smallest absolute Gasteiger partial charge is 0.334 e. The Morgan fingerprint density at radius 3 is 2.81 bits per heavy atom. The van der Waals surface area contributed by atoms with Gasteiger partial charge >= 0.3 is 11.7 Å². The normalized spacial score (nSPS) is 18.8. The molecule has 2 rings (SSSR count). The van der Waals surface area contributed by atoms with Crippen molar-refractivity contribution in [3.8, 4) is 0 Å². The summed E-state index contributed by atoms with van der Waals surface area (Å²) in [6.45, 7) is 2.43. The fraction of sp³-hybridized carbons (Fsp3) is 0.692. The molecule has 1 aliphatic heterocycles. The van der Waals surface area contributed by atoms with E-state index in [9.17, 15) is 20.0 Å². The molecule has 1 fully saturated rings. The van der Waals surface area contributed by atoms with E-state index in [1.165, 1.54) is 4.68 Å². The predicted molar refractivity (Wildman–Crippen MR) is 76.5 cm³/mol. The minimum Gasteiger partial charge on any atom is -0.480 e. The fourth-order valence-electron chi connectivity index (χ4n) is 2.91. The van der Waals surface area contributed by atoms with Gasteiger partial charge in [-0.3, -0.25) is 10.1 Å². The van der Waals surface area contributed by atoms with Gasteiger partial charge in [0.2, 0.25) is 5.82 Å².